The van der Waals surface area contributed by atoms with Crippen molar-refractivity contribution in [3.8, 4) is 5.75 Å². The Labute approximate surface area is 124 Å². The van der Waals surface area contributed by atoms with Crippen molar-refractivity contribution in [1.29, 1.82) is 0 Å². The number of anilines is 1. The van der Waals surface area contributed by atoms with E-state index in [4.69, 9.17) is 5.73 Å². The van der Waals surface area contributed by atoms with Gasteiger partial charge in [-0.15, -0.1) is 12.4 Å². The monoisotopic (exact) mass is 327 g/mol. The van der Waals surface area contributed by atoms with E-state index in [1.807, 2.05) is 0 Å². The molecule has 0 aliphatic rings. The van der Waals surface area contributed by atoms with E-state index in [0.717, 1.165) is 12.1 Å². The highest BCUT2D eigenvalue weighted by atomic mass is 35.5. The molecule has 0 heterocycles. The molecule has 1 aromatic rings. The second-order valence-electron chi connectivity index (χ2n) is 3.55. The van der Waals surface area contributed by atoms with Crippen molar-refractivity contribution in [3.05, 3.63) is 24.0 Å². The van der Waals surface area contributed by atoms with E-state index in [-0.39, 0.29) is 24.6 Å². The van der Waals surface area contributed by atoms with Gasteiger partial charge >= 0.3 is 6.61 Å². The number of hydrogen-bond donors (Lipinski definition) is 3. The summed E-state index contributed by atoms with van der Waals surface area (Å²) in [5.41, 5.74) is 4.88. The standard InChI is InChI=1S/C11H12F3N3O3.ClH/c12-6-1-2-7(8(3-6)20-11(13)14)17-10(19)5-16-9(18)4-15;/h1-3,11H,4-5,15H2,(H,16,18)(H,17,19);1H. The predicted octanol–water partition coefficient (Wildman–Crippen LogP) is 0.862. The number of nitrogens with two attached hydrogens (primary N) is 1. The van der Waals surface area contributed by atoms with Gasteiger partial charge in [-0.25, -0.2) is 4.39 Å². The fraction of sp³-hybridized carbons (Fsp3) is 0.273. The minimum Gasteiger partial charge on any atom is -0.432 e. The van der Waals surface area contributed by atoms with Crippen LogP contribution in [0.3, 0.4) is 0 Å². The summed E-state index contributed by atoms with van der Waals surface area (Å²) in [6.07, 6.45) is 0. The van der Waals surface area contributed by atoms with Crippen LogP contribution in [-0.2, 0) is 9.59 Å². The molecule has 6 nitrogen and oxygen atoms in total. The Morgan fingerprint density at radius 2 is 1.95 bits per heavy atom. The highest BCUT2D eigenvalue weighted by Crippen LogP contribution is 2.26. The van der Waals surface area contributed by atoms with E-state index in [1.165, 1.54) is 0 Å². The van der Waals surface area contributed by atoms with Crippen LogP contribution in [-0.4, -0.2) is 31.5 Å². The van der Waals surface area contributed by atoms with Crippen molar-refractivity contribution in [3.63, 3.8) is 0 Å². The van der Waals surface area contributed by atoms with Gasteiger partial charge in [0, 0.05) is 6.07 Å². The summed E-state index contributed by atoms with van der Waals surface area (Å²) in [6.45, 7) is -3.85. The predicted molar refractivity (Wildman–Crippen MR) is 71.0 cm³/mol. The molecule has 2 amide bonds. The average Bonchev–Trinajstić information content (AvgIpc) is 2.38. The fourth-order valence-corrected chi connectivity index (χ4v) is 1.24. The summed E-state index contributed by atoms with van der Waals surface area (Å²) in [5, 5.41) is 4.39. The first-order valence-electron chi connectivity index (χ1n) is 5.43. The fourth-order valence-electron chi connectivity index (χ4n) is 1.24. The Kier molecular flexibility index (Phi) is 8.17. The van der Waals surface area contributed by atoms with Crippen molar-refractivity contribution in [2.24, 2.45) is 5.73 Å². The number of amides is 2. The molecular formula is C11H13ClF3N3O3. The zero-order valence-electron chi connectivity index (χ0n) is 10.6. The van der Waals surface area contributed by atoms with Crippen LogP contribution in [0, 0.1) is 5.82 Å². The van der Waals surface area contributed by atoms with Gasteiger partial charge in [-0.2, -0.15) is 8.78 Å². The largest absolute Gasteiger partial charge is 0.432 e. The molecule has 0 saturated heterocycles. The minimum absolute atomic E-state index is 0. The number of rotatable bonds is 6. The lowest BCUT2D eigenvalue weighted by atomic mass is 10.3. The van der Waals surface area contributed by atoms with E-state index in [2.05, 4.69) is 15.4 Å². The van der Waals surface area contributed by atoms with E-state index in [9.17, 15) is 22.8 Å². The number of halogens is 4. The number of benzene rings is 1. The molecule has 0 spiro atoms. The van der Waals surface area contributed by atoms with Crippen LogP contribution < -0.4 is 21.1 Å². The Balaban J connectivity index is 0.00000400. The Morgan fingerprint density at radius 1 is 1.29 bits per heavy atom. The smallest absolute Gasteiger partial charge is 0.387 e. The van der Waals surface area contributed by atoms with Crippen LogP contribution in [0.25, 0.3) is 0 Å². The molecular weight excluding hydrogens is 315 g/mol. The first-order valence-corrected chi connectivity index (χ1v) is 5.43. The summed E-state index contributed by atoms with van der Waals surface area (Å²) < 4.78 is 41.3. The molecule has 0 aliphatic carbocycles. The third kappa shape index (κ3) is 6.82. The average molecular weight is 328 g/mol. The molecule has 4 N–H and O–H groups in total. The number of alkyl halides is 2. The zero-order chi connectivity index (χ0) is 15.1. The summed E-state index contributed by atoms with van der Waals surface area (Å²) >= 11 is 0. The first-order chi connectivity index (χ1) is 9.42. The van der Waals surface area contributed by atoms with Gasteiger partial charge < -0.3 is 21.1 Å². The number of carbonyl (C=O) groups is 2. The zero-order valence-corrected chi connectivity index (χ0v) is 11.4. The Bertz CT molecular complexity index is 503. The lowest BCUT2D eigenvalue weighted by Gasteiger charge is -2.12. The van der Waals surface area contributed by atoms with Gasteiger partial charge in [0.1, 0.15) is 5.82 Å². The van der Waals surface area contributed by atoms with E-state index in [0.29, 0.717) is 6.07 Å². The topological polar surface area (TPSA) is 93.5 Å². The maximum Gasteiger partial charge on any atom is 0.387 e. The molecule has 0 unspecified atom stereocenters. The van der Waals surface area contributed by atoms with E-state index < -0.39 is 36.5 Å². The normalized spacial score (nSPS) is 9.76. The van der Waals surface area contributed by atoms with Crippen LogP contribution in [0.2, 0.25) is 0 Å². The van der Waals surface area contributed by atoms with Crippen LogP contribution in [0.15, 0.2) is 18.2 Å². The molecule has 0 aromatic heterocycles. The lowest BCUT2D eigenvalue weighted by Crippen LogP contribution is -2.36. The van der Waals surface area contributed by atoms with Gasteiger partial charge in [0.05, 0.1) is 18.8 Å². The van der Waals surface area contributed by atoms with Crippen molar-refractivity contribution in [1.82, 2.24) is 5.32 Å². The van der Waals surface area contributed by atoms with Gasteiger partial charge in [-0.3, -0.25) is 9.59 Å². The molecule has 10 heteroatoms. The maximum atomic E-state index is 12.9. The Morgan fingerprint density at radius 3 is 2.52 bits per heavy atom. The highest BCUT2D eigenvalue weighted by Gasteiger charge is 2.13. The first kappa shape index (κ1) is 19.0. The summed E-state index contributed by atoms with van der Waals surface area (Å²) in [7, 11) is 0. The van der Waals surface area contributed by atoms with Gasteiger partial charge in [-0.05, 0) is 12.1 Å². The van der Waals surface area contributed by atoms with E-state index >= 15 is 0 Å². The number of carbonyl (C=O) groups excluding carboxylic acids is 2. The van der Waals surface area contributed by atoms with Crippen LogP contribution in [0.5, 0.6) is 5.75 Å². The van der Waals surface area contributed by atoms with Crippen molar-refractivity contribution in [2.45, 2.75) is 6.61 Å². The van der Waals surface area contributed by atoms with Gasteiger partial charge in [0.15, 0.2) is 5.75 Å². The van der Waals surface area contributed by atoms with Crippen molar-refractivity contribution < 1.29 is 27.5 Å². The van der Waals surface area contributed by atoms with E-state index in [1.54, 1.807) is 0 Å². The molecule has 21 heavy (non-hydrogen) atoms. The maximum absolute atomic E-state index is 12.9. The SMILES string of the molecule is Cl.NCC(=O)NCC(=O)Nc1ccc(F)cc1OC(F)F. The molecule has 0 saturated carbocycles. The number of hydrogen-bond acceptors (Lipinski definition) is 4. The molecule has 1 aromatic carbocycles. The van der Waals surface area contributed by atoms with Gasteiger partial charge in [0.2, 0.25) is 11.8 Å². The Hall–Kier alpha value is -2.00. The second-order valence-corrected chi connectivity index (χ2v) is 3.55. The summed E-state index contributed by atoms with van der Waals surface area (Å²) in [4.78, 5) is 22.3. The van der Waals surface area contributed by atoms with Gasteiger partial charge in [-0.1, -0.05) is 0 Å². The number of nitrogens with one attached hydrogen (secondary N) is 2. The molecule has 118 valence electrons. The number of ether oxygens (including phenoxy) is 1. The van der Waals surface area contributed by atoms with Crippen LogP contribution >= 0.6 is 12.4 Å². The molecule has 1 rings (SSSR count). The molecule has 0 atom stereocenters. The third-order valence-electron chi connectivity index (χ3n) is 2.07. The van der Waals surface area contributed by atoms with Gasteiger partial charge in [0.25, 0.3) is 0 Å². The van der Waals surface area contributed by atoms with Crippen LogP contribution in [0.1, 0.15) is 0 Å². The molecule has 0 radical (unpaired) electrons. The summed E-state index contributed by atoms with van der Waals surface area (Å²) in [6, 6.07) is 2.74. The third-order valence-corrected chi connectivity index (χ3v) is 2.07. The van der Waals surface area contributed by atoms with Crippen LogP contribution in [0.4, 0.5) is 18.9 Å². The molecule has 0 bridgehead atoms. The second kappa shape index (κ2) is 9.03. The summed E-state index contributed by atoms with van der Waals surface area (Å²) in [5.74, 6) is -2.56. The molecule has 0 fully saturated rings. The minimum atomic E-state index is -3.16. The lowest BCUT2D eigenvalue weighted by molar-refractivity contribution is -0.123. The molecule has 0 aliphatic heterocycles. The quantitative estimate of drug-likeness (QED) is 0.722. The van der Waals surface area contributed by atoms with Crippen molar-refractivity contribution >= 4 is 29.9 Å². The van der Waals surface area contributed by atoms with Crippen molar-refractivity contribution in [2.75, 3.05) is 18.4 Å². The highest BCUT2D eigenvalue weighted by molar-refractivity contribution is 5.95.